The Balaban J connectivity index is 1.59. The maximum absolute atomic E-state index is 12.3. The Morgan fingerprint density at radius 2 is 1.63 bits per heavy atom. The van der Waals surface area contributed by atoms with Gasteiger partial charge in [0, 0.05) is 39.3 Å². The molecule has 1 aromatic rings. The predicted octanol–water partition coefficient (Wildman–Crippen LogP) is 3.22. The minimum Gasteiger partial charge on any atom is -0.488 e. The lowest BCUT2D eigenvalue weighted by Crippen LogP contribution is -2.50. The number of hydrogen-bond donors (Lipinski definition) is 0. The van der Waals surface area contributed by atoms with Crippen LogP contribution in [0.1, 0.15) is 33.6 Å². The van der Waals surface area contributed by atoms with E-state index in [9.17, 15) is 4.79 Å². The van der Waals surface area contributed by atoms with Gasteiger partial charge in [0.15, 0.2) is 0 Å². The minimum atomic E-state index is -0.456. The largest absolute Gasteiger partial charge is 0.488 e. The smallest absolute Gasteiger partial charge is 0.410 e. The van der Waals surface area contributed by atoms with Crippen LogP contribution in [-0.2, 0) is 4.74 Å². The fourth-order valence-electron chi connectivity index (χ4n) is 3.56. The number of ether oxygens (including phenoxy) is 2. The summed E-state index contributed by atoms with van der Waals surface area (Å²) >= 11 is 0. The number of para-hydroxylation sites is 2. The number of carbonyl (C=O) groups excluding carboxylic acids is 1. The molecule has 1 aromatic carbocycles. The van der Waals surface area contributed by atoms with Crippen LogP contribution in [-0.4, -0.2) is 73.9 Å². The Bertz CT molecular complexity index is 628. The molecular weight excluding hydrogens is 342 g/mol. The minimum absolute atomic E-state index is 0.224. The van der Waals surface area contributed by atoms with Gasteiger partial charge in [0.05, 0.1) is 5.69 Å². The summed E-state index contributed by atoms with van der Waals surface area (Å²) in [4.78, 5) is 18.7. The number of rotatable bonds is 3. The number of likely N-dealkylation sites (tertiary alicyclic amines) is 1. The molecule has 2 heterocycles. The zero-order valence-corrected chi connectivity index (χ0v) is 17.1. The van der Waals surface area contributed by atoms with E-state index in [0.29, 0.717) is 13.1 Å². The van der Waals surface area contributed by atoms with Crippen LogP contribution in [0.25, 0.3) is 0 Å². The Kier molecular flexibility index (Phi) is 6.15. The van der Waals surface area contributed by atoms with E-state index in [0.717, 1.165) is 50.5 Å². The molecule has 0 saturated carbocycles. The van der Waals surface area contributed by atoms with Crippen molar-refractivity contribution in [2.45, 2.75) is 45.3 Å². The lowest BCUT2D eigenvalue weighted by Gasteiger charge is -2.38. The van der Waals surface area contributed by atoms with Gasteiger partial charge in [-0.3, -0.25) is 0 Å². The lowest BCUT2D eigenvalue weighted by atomic mass is 10.1. The zero-order valence-electron chi connectivity index (χ0n) is 17.1. The summed E-state index contributed by atoms with van der Waals surface area (Å²) in [7, 11) is 2.16. The molecule has 2 fully saturated rings. The number of benzene rings is 1. The zero-order chi connectivity index (χ0) is 19.4. The Hall–Kier alpha value is -1.95. The van der Waals surface area contributed by atoms with Gasteiger partial charge in [-0.15, -0.1) is 0 Å². The van der Waals surface area contributed by atoms with Crippen molar-refractivity contribution in [3.63, 3.8) is 0 Å². The third-order valence-electron chi connectivity index (χ3n) is 5.10. The highest BCUT2D eigenvalue weighted by atomic mass is 16.6. The molecule has 150 valence electrons. The fourth-order valence-corrected chi connectivity index (χ4v) is 3.56. The maximum Gasteiger partial charge on any atom is 0.410 e. The topological polar surface area (TPSA) is 45.2 Å². The first-order chi connectivity index (χ1) is 12.8. The van der Waals surface area contributed by atoms with Crippen LogP contribution in [0.5, 0.6) is 5.75 Å². The van der Waals surface area contributed by atoms with Crippen LogP contribution in [0.4, 0.5) is 10.5 Å². The van der Waals surface area contributed by atoms with Crippen LogP contribution in [0, 0.1) is 0 Å². The molecule has 2 aliphatic heterocycles. The van der Waals surface area contributed by atoms with Crippen LogP contribution < -0.4 is 9.64 Å². The number of piperazine rings is 1. The van der Waals surface area contributed by atoms with Crippen LogP contribution in [0.3, 0.4) is 0 Å². The Morgan fingerprint density at radius 1 is 1.00 bits per heavy atom. The molecular formula is C21H33N3O3. The van der Waals surface area contributed by atoms with Gasteiger partial charge < -0.3 is 24.2 Å². The van der Waals surface area contributed by atoms with Crippen molar-refractivity contribution in [3.05, 3.63) is 24.3 Å². The molecule has 0 radical (unpaired) electrons. The number of piperidine rings is 1. The van der Waals surface area contributed by atoms with E-state index in [1.54, 1.807) is 4.90 Å². The van der Waals surface area contributed by atoms with Gasteiger partial charge in [-0.25, -0.2) is 4.79 Å². The number of hydrogen-bond acceptors (Lipinski definition) is 5. The second kappa shape index (κ2) is 8.38. The Morgan fingerprint density at radius 3 is 2.26 bits per heavy atom. The number of anilines is 1. The molecule has 6 nitrogen and oxygen atoms in total. The monoisotopic (exact) mass is 375 g/mol. The van der Waals surface area contributed by atoms with E-state index >= 15 is 0 Å². The van der Waals surface area contributed by atoms with Gasteiger partial charge in [0.25, 0.3) is 0 Å². The average molecular weight is 376 g/mol. The highest BCUT2D eigenvalue weighted by Gasteiger charge is 2.27. The summed E-state index contributed by atoms with van der Waals surface area (Å²) in [6.45, 7) is 10.8. The van der Waals surface area contributed by atoms with Gasteiger partial charge >= 0.3 is 6.09 Å². The maximum atomic E-state index is 12.3. The molecule has 0 atom stereocenters. The van der Waals surface area contributed by atoms with Crippen molar-refractivity contribution >= 4 is 11.8 Å². The number of carbonyl (C=O) groups is 1. The average Bonchev–Trinajstić information content (AvgIpc) is 2.63. The summed E-state index contributed by atoms with van der Waals surface area (Å²) in [5.74, 6) is 0.956. The van der Waals surface area contributed by atoms with Crippen molar-refractivity contribution in [2.24, 2.45) is 0 Å². The third-order valence-corrected chi connectivity index (χ3v) is 5.10. The summed E-state index contributed by atoms with van der Waals surface area (Å²) in [5, 5.41) is 0. The molecule has 0 spiro atoms. The molecule has 2 aliphatic rings. The van der Waals surface area contributed by atoms with Gasteiger partial charge in [-0.1, -0.05) is 12.1 Å². The normalized spacial score (nSPS) is 19.9. The molecule has 27 heavy (non-hydrogen) atoms. The highest BCUT2D eigenvalue weighted by molar-refractivity contribution is 5.69. The molecule has 3 rings (SSSR count). The highest BCUT2D eigenvalue weighted by Crippen LogP contribution is 2.31. The molecule has 0 bridgehead atoms. The fraction of sp³-hybridized carbons (Fsp3) is 0.667. The van der Waals surface area contributed by atoms with E-state index in [1.807, 2.05) is 26.8 Å². The molecule has 0 aliphatic carbocycles. The molecule has 0 N–H and O–H groups in total. The van der Waals surface area contributed by atoms with Gasteiger partial charge in [-0.05, 0) is 52.8 Å². The standard InChI is InChI=1S/C21H33N3O3/c1-21(2,3)27-20(25)24-15-13-23(14-16-24)18-7-5-6-8-19(18)26-17-9-11-22(4)12-10-17/h5-8,17H,9-16H2,1-4H3. The SMILES string of the molecule is CN1CCC(Oc2ccccc2N2CCN(C(=O)OC(C)(C)C)CC2)CC1. The van der Waals surface area contributed by atoms with Crippen molar-refractivity contribution in [2.75, 3.05) is 51.2 Å². The third kappa shape index (κ3) is 5.51. The summed E-state index contributed by atoms with van der Waals surface area (Å²) < 4.78 is 11.8. The van der Waals surface area contributed by atoms with Crippen LogP contribution in [0.2, 0.25) is 0 Å². The summed E-state index contributed by atoms with van der Waals surface area (Å²) in [6.07, 6.45) is 2.19. The number of nitrogens with zero attached hydrogens (tertiary/aromatic N) is 3. The van der Waals surface area contributed by atoms with E-state index < -0.39 is 5.60 Å². The molecule has 0 aromatic heterocycles. The quantitative estimate of drug-likeness (QED) is 0.812. The van der Waals surface area contributed by atoms with E-state index in [2.05, 4.69) is 35.0 Å². The van der Waals surface area contributed by atoms with E-state index in [1.165, 1.54) is 0 Å². The number of amides is 1. The molecule has 6 heteroatoms. The first-order valence-corrected chi connectivity index (χ1v) is 9.99. The lowest BCUT2D eigenvalue weighted by molar-refractivity contribution is 0.0240. The summed E-state index contributed by atoms with van der Waals surface area (Å²) in [6, 6.07) is 8.27. The first-order valence-electron chi connectivity index (χ1n) is 9.99. The van der Waals surface area contributed by atoms with Gasteiger partial charge in [0.2, 0.25) is 0 Å². The van der Waals surface area contributed by atoms with Crippen molar-refractivity contribution < 1.29 is 14.3 Å². The second-order valence-electron chi connectivity index (χ2n) is 8.54. The van der Waals surface area contributed by atoms with Gasteiger partial charge in [0.1, 0.15) is 17.5 Å². The molecule has 0 unspecified atom stereocenters. The first kappa shape index (κ1) is 19.8. The van der Waals surface area contributed by atoms with Crippen molar-refractivity contribution in [1.29, 1.82) is 0 Å². The van der Waals surface area contributed by atoms with E-state index in [-0.39, 0.29) is 12.2 Å². The molecule has 1 amide bonds. The predicted molar refractivity (Wildman–Crippen MR) is 108 cm³/mol. The van der Waals surface area contributed by atoms with Crippen LogP contribution >= 0.6 is 0 Å². The Labute approximate surface area is 163 Å². The van der Waals surface area contributed by atoms with Gasteiger partial charge in [-0.2, -0.15) is 0 Å². The van der Waals surface area contributed by atoms with Crippen LogP contribution in [0.15, 0.2) is 24.3 Å². The van der Waals surface area contributed by atoms with E-state index in [4.69, 9.17) is 9.47 Å². The molecule has 2 saturated heterocycles. The van der Waals surface area contributed by atoms with Crippen molar-refractivity contribution in [3.8, 4) is 5.75 Å². The summed E-state index contributed by atoms with van der Waals surface area (Å²) in [5.41, 5.74) is 0.670. The van der Waals surface area contributed by atoms with Crippen molar-refractivity contribution in [1.82, 2.24) is 9.80 Å². The second-order valence-corrected chi connectivity index (χ2v) is 8.54.